The molecule has 0 aromatic heterocycles. The number of hydrogen-bond donors (Lipinski definition) is 4. The van der Waals surface area contributed by atoms with Gasteiger partial charge in [-0.25, -0.2) is 9.59 Å². The minimum atomic E-state index is -1.36. The van der Waals surface area contributed by atoms with Gasteiger partial charge in [0, 0.05) is 13.6 Å². The Morgan fingerprint density at radius 3 is 2.29 bits per heavy atom. The Bertz CT molecular complexity index is 305. The number of carbonyl (C=O) groups is 3. The van der Waals surface area contributed by atoms with E-state index in [1.165, 1.54) is 14.0 Å². The molecule has 2 unspecified atom stereocenters. The largest absolute Gasteiger partial charge is 0.480 e. The molecule has 0 bridgehead atoms. The van der Waals surface area contributed by atoms with Crippen molar-refractivity contribution in [2.24, 2.45) is 5.73 Å². The first-order valence-corrected chi connectivity index (χ1v) is 4.94. The number of primary amides is 1. The molecule has 8 nitrogen and oxygen atoms in total. The van der Waals surface area contributed by atoms with Crippen molar-refractivity contribution in [3.05, 3.63) is 0 Å². The van der Waals surface area contributed by atoms with E-state index in [0.29, 0.717) is 0 Å². The molecule has 2 atom stereocenters. The van der Waals surface area contributed by atoms with Crippen LogP contribution in [0.4, 0.5) is 4.79 Å². The van der Waals surface area contributed by atoms with Gasteiger partial charge in [0.1, 0.15) is 6.04 Å². The molecule has 5 N–H and O–H groups in total. The standard InChI is InChI=1S/C9H17N3O5/c1-5(13)4-12(2)9(17)11-6(8(15)16)3-7(10)14/h5-6,13H,3-4H2,1-2H3,(H2,10,14)(H,11,17)(H,15,16). The Labute approximate surface area is 98.4 Å². The average Bonchev–Trinajstić information content (AvgIpc) is 2.14. The predicted molar refractivity (Wildman–Crippen MR) is 58.1 cm³/mol. The van der Waals surface area contributed by atoms with Crippen LogP contribution in [0.1, 0.15) is 13.3 Å². The molecular formula is C9H17N3O5. The number of carboxylic acids is 1. The van der Waals surface area contributed by atoms with Crippen molar-refractivity contribution < 1.29 is 24.6 Å². The molecule has 0 heterocycles. The fraction of sp³-hybridized carbons (Fsp3) is 0.667. The van der Waals surface area contributed by atoms with Crippen molar-refractivity contribution in [1.29, 1.82) is 0 Å². The number of urea groups is 1. The van der Waals surface area contributed by atoms with E-state index >= 15 is 0 Å². The number of aliphatic carboxylic acids is 1. The zero-order valence-electron chi connectivity index (χ0n) is 9.71. The Kier molecular flexibility index (Phi) is 5.97. The summed E-state index contributed by atoms with van der Waals surface area (Å²) in [5.41, 5.74) is 4.86. The lowest BCUT2D eigenvalue weighted by atomic mass is 10.2. The molecule has 17 heavy (non-hydrogen) atoms. The number of likely N-dealkylation sites (N-methyl/N-ethyl adjacent to an activating group) is 1. The number of amides is 3. The molecule has 3 amide bonds. The van der Waals surface area contributed by atoms with E-state index in [-0.39, 0.29) is 6.54 Å². The van der Waals surface area contributed by atoms with Crippen LogP contribution >= 0.6 is 0 Å². The highest BCUT2D eigenvalue weighted by atomic mass is 16.4. The minimum absolute atomic E-state index is 0.0503. The molecule has 0 saturated carbocycles. The van der Waals surface area contributed by atoms with Gasteiger partial charge in [0.25, 0.3) is 0 Å². The maximum Gasteiger partial charge on any atom is 0.326 e. The number of carboxylic acid groups (broad SMARTS) is 1. The fourth-order valence-electron chi connectivity index (χ4n) is 1.14. The van der Waals surface area contributed by atoms with Crippen LogP contribution in [-0.2, 0) is 9.59 Å². The Balaban J connectivity index is 4.39. The summed E-state index contributed by atoms with van der Waals surface area (Å²) in [7, 11) is 1.39. The number of nitrogens with two attached hydrogens (primary N) is 1. The highest BCUT2D eigenvalue weighted by Crippen LogP contribution is 1.95. The second kappa shape index (κ2) is 6.69. The third-order valence-electron chi connectivity index (χ3n) is 1.89. The highest BCUT2D eigenvalue weighted by Gasteiger charge is 2.23. The van der Waals surface area contributed by atoms with Crippen molar-refractivity contribution in [3.8, 4) is 0 Å². The SMILES string of the molecule is CC(O)CN(C)C(=O)NC(CC(N)=O)C(=O)O. The van der Waals surface area contributed by atoms with E-state index in [9.17, 15) is 14.4 Å². The van der Waals surface area contributed by atoms with Crippen LogP contribution in [0.2, 0.25) is 0 Å². The molecule has 0 fully saturated rings. The Hall–Kier alpha value is -1.83. The average molecular weight is 247 g/mol. The molecule has 0 aromatic rings. The highest BCUT2D eigenvalue weighted by molar-refractivity contribution is 5.87. The lowest BCUT2D eigenvalue weighted by Crippen LogP contribution is -2.49. The molecule has 0 radical (unpaired) electrons. The van der Waals surface area contributed by atoms with Crippen molar-refractivity contribution in [2.75, 3.05) is 13.6 Å². The van der Waals surface area contributed by atoms with Gasteiger partial charge in [0.15, 0.2) is 0 Å². The third-order valence-corrected chi connectivity index (χ3v) is 1.89. The van der Waals surface area contributed by atoms with Crippen LogP contribution in [0.5, 0.6) is 0 Å². The number of hydrogen-bond acceptors (Lipinski definition) is 4. The number of nitrogens with one attached hydrogen (secondary N) is 1. The Morgan fingerprint density at radius 1 is 1.41 bits per heavy atom. The molecule has 0 saturated heterocycles. The van der Waals surface area contributed by atoms with Crippen LogP contribution in [0.25, 0.3) is 0 Å². The van der Waals surface area contributed by atoms with Crippen LogP contribution in [0.15, 0.2) is 0 Å². The number of rotatable bonds is 6. The van der Waals surface area contributed by atoms with Gasteiger partial charge in [-0.3, -0.25) is 4.79 Å². The number of nitrogens with zero attached hydrogens (tertiary/aromatic N) is 1. The summed E-state index contributed by atoms with van der Waals surface area (Å²) < 4.78 is 0. The monoisotopic (exact) mass is 247 g/mol. The van der Waals surface area contributed by atoms with E-state index < -0.39 is 36.5 Å². The van der Waals surface area contributed by atoms with E-state index in [2.05, 4.69) is 5.32 Å². The topological polar surface area (TPSA) is 133 Å². The van der Waals surface area contributed by atoms with E-state index in [0.717, 1.165) is 4.90 Å². The second-order valence-corrected chi connectivity index (χ2v) is 3.74. The van der Waals surface area contributed by atoms with Crippen molar-refractivity contribution in [1.82, 2.24) is 10.2 Å². The van der Waals surface area contributed by atoms with Crippen molar-refractivity contribution in [2.45, 2.75) is 25.5 Å². The van der Waals surface area contributed by atoms with Crippen LogP contribution in [0.3, 0.4) is 0 Å². The molecular weight excluding hydrogens is 230 g/mol. The lowest BCUT2D eigenvalue weighted by molar-refractivity contribution is -0.140. The van der Waals surface area contributed by atoms with Crippen molar-refractivity contribution >= 4 is 17.9 Å². The quantitative estimate of drug-likeness (QED) is 0.445. The maximum atomic E-state index is 11.5. The van der Waals surface area contributed by atoms with Crippen LogP contribution < -0.4 is 11.1 Å². The molecule has 98 valence electrons. The Morgan fingerprint density at radius 2 is 1.94 bits per heavy atom. The number of carbonyl (C=O) groups excluding carboxylic acids is 2. The summed E-state index contributed by atoms with van der Waals surface area (Å²) in [6.07, 6.45) is -1.21. The lowest BCUT2D eigenvalue weighted by Gasteiger charge is -2.21. The first-order valence-electron chi connectivity index (χ1n) is 4.94. The number of aliphatic hydroxyl groups is 1. The zero-order chi connectivity index (χ0) is 13.6. The number of aliphatic hydroxyl groups excluding tert-OH is 1. The minimum Gasteiger partial charge on any atom is -0.480 e. The summed E-state index contributed by atoms with van der Waals surface area (Å²) >= 11 is 0. The van der Waals surface area contributed by atoms with Gasteiger partial charge >= 0.3 is 12.0 Å². The molecule has 8 heteroatoms. The summed E-state index contributed by atoms with van der Waals surface area (Å²) in [6, 6.07) is -2.06. The molecule has 0 aliphatic heterocycles. The third kappa shape index (κ3) is 6.36. The fourth-order valence-corrected chi connectivity index (χ4v) is 1.14. The summed E-state index contributed by atoms with van der Waals surface area (Å²) in [5.74, 6) is -2.17. The van der Waals surface area contributed by atoms with Gasteiger partial charge in [-0.15, -0.1) is 0 Å². The van der Waals surface area contributed by atoms with Gasteiger partial charge in [0.05, 0.1) is 12.5 Å². The smallest absolute Gasteiger partial charge is 0.326 e. The molecule has 0 spiro atoms. The summed E-state index contributed by atoms with van der Waals surface area (Å²) in [5, 5.41) is 19.9. The second-order valence-electron chi connectivity index (χ2n) is 3.74. The van der Waals surface area contributed by atoms with Crippen LogP contribution in [-0.4, -0.2) is 58.8 Å². The maximum absolute atomic E-state index is 11.5. The van der Waals surface area contributed by atoms with Gasteiger partial charge in [-0.1, -0.05) is 0 Å². The van der Waals surface area contributed by atoms with E-state index in [1.54, 1.807) is 0 Å². The molecule has 0 aliphatic carbocycles. The first-order chi connectivity index (χ1) is 7.73. The van der Waals surface area contributed by atoms with Crippen LogP contribution in [0, 0.1) is 0 Å². The van der Waals surface area contributed by atoms with Crippen molar-refractivity contribution in [3.63, 3.8) is 0 Å². The first kappa shape index (κ1) is 15.2. The van der Waals surface area contributed by atoms with Gasteiger partial charge < -0.3 is 26.2 Å². The molecule has 0 aromatic carbocycles. The summed E-state index contributed by atoms with van der Waals surface area (Å²) in [4.78, 5) is 33.9. The van der Waals surface area contributed by atoms with E-state index in [1.807, 2.05) is 0 Å². The zero-order valence-corrected chi connectivity index (χ0v) is 9.71. The molecule has 0 aliphatic rings. The van der Waals surface area contributed by atoms with E-state index in [4.69, 9.17) is 15.9 Å². The predicted octanol–water partition coefficient (Wildman–Crippen LogP) is -1.66. The van der Waals surface area contributed by atoms with Gasteiger partial charge in [-0.05, 0) is 6.92 Å². The van der Waals surface area contributed by atoms with Gasteiger partial charge in [0.2, 0.25) is 5.91 Å². The molecule has 0 rings (SSSR count). The normalized spacial score (nSPS) is 13.6. The summed E-state index contributed by atoms with van der Waals surface area (Å²) in [6.45, 7) is 1.54. The van der Waals surface area contributed by atoms with Gasteiger partial charge in [-0.2, -0.15) is 0 Å².